The minimum Gasteiger partial charge on any atom is -0.162 e. The lowest BCUT2D eigenvalue weighted by molar-refractivity contribution is 0.573. The van der Waals surface area contributed by atoms with Crippen molar-refractivity contribution in [2.45, 2.75) is 142 Å². The van der Waals surface area contributed by atoms with Gasteiger partial charge in [-0.3, -0.25) is 0 Å². The van der Waals surface area contributed by atoms with Gasteiger partial charge in [-0.15, -0.1) is 0 Å². The smallest absolute Gasteiger partial charge is 0.00268 e. The van der Waals surface area contributed by atoms with E-state index in [0.717, 1.165) is 0 Å². The predicted octanol–water partition coefficient (Wildman–Crippen LogP) is 13.6. The number of benzene rings is 3. The molecule has 0 aliphatic heterocycles. The fourth-order valence-electron chi connectivity index (χ4n) is 6.21. The Morgan fingerprint density at radius 2 is 0.762 bits per heavy atom. The Balaban J connectivity index is 1.35. The molecule has 2 heteroatoms. The van der Waals surface area contributed by atoms with Crippen LogP contribution in [-0.2, 0) is 12.8 Å². The van der Waals surface area contributed by atoms with Crippen LogP contribution in [0.5, 0.6) is 0 Å². The second-order valence-electron chi connectivity index (χ2n) is 12.5. The Kier molecular flexibility index (Phi) is 19.6. The summed E-state index contributed by atoms with van der Waals surface area (Å²) in [5.74, 6) is 5.13. The summed E-state index contributed by atoms with van der Waals surface area (Å²) < 4.78 is 0. The maximum Gasteiger partial charge on any atom is -0.00268 e. The zero-order chi connectivity index (χ0) is 29.5. The number of thioether (sulfide) groups is 2. The quantitative estimate of drug-likeness (QED) is 0.0658. The Morgan fingerprint density at radius 3 is 1.14 bits per heavy atom. The first kappa shape index (κ1) is 35.4. The summed E-state index contributed by atoms with van der Waals surface area (Å²) in [6.07, 6.45) is 27.9. The average molecular weight is 607 g/mol. The molecule has 3 aromatic carbocycles. The molecule has 0 saturated heterocycles. The van der Waals surface area contributed by atoms with E-state index in [1.165, 1.54) is 184 Å². The summed E-state index contributed by atoms with van der Waals surface area (Å²) in [4.78, 5) is 0. The Hall–Kier alpha value is -1.12. The van der Waals surface area contributed by atoms with Gasteiger partial charge in [0.15, 0.2) is 0 Å². The van der Waals surface area contributed by atoms with E-state index in [-0.39, 0.29) is 0 Å². The normalized spacial score (nSPS) is 11.7. The molecular weight excluding hydrogens is 545 g/mol. The van der Waals surface area contributed by atoms with Gasteiger partial charge in [0.1, 0.15) is 0 Å². The first-order valence-corrected chi connectivity index (χ1v) is 20.2. The molecule has 0 spiro atoms. The second-order valence-corrected chi connectivity index (χ2v) is 15.0. The highest BCUT2D eigenvalue weighted by Gasteiger charge is 2.07. The number of hydrogen-bond acceptors (Lipinski definition) is 2. The largest absolute Gasteiger partial charge is 0.162 e. The number of rotatable bonds is 26. The fourth-order valence-corrected chi connectivity index (χ4v) is 8.17. The topological polar surface area (TPSA) is 0 Å². The van der Waals surface area contributed by atoms with Gasteiger partial charge >= 0.3 is 0 Å². The summed E-state index contributed by atoms with van der Waals surface area (Å²) in [7, 11) is 0. The molecule has 0 nitrogen and oxygen atoms in total. The maximum atomic E-state index is 2.48. The predicted molar refractivity (Wildman–Crippen MR) is 198 cm³/mol. The third-order valence-electron chi connectivity index (χ3n) is 8.88. The summed E-state index contributed by atoms with van der Waals surface area (Å²) in [6.45, 7) is 4.60. The molecule has 0 aliphatic carbocycles. The van der Waals surface area contributed by atoms with Crippen molar-refractivity contribution in [2.75, 3.05) is 23.0 Å². The van der Waals surface area contributed by atoms with E-state index in [4.69, 9.17) is 0 Å². The molecule has 3 rings (SSSR count). The molecule has 0 amide bonds. The van der Waals surface area contributed by atoms with Crippen molar-refractivity contribution in [3.05, 3.63) is 59.7 Å². The SMILES string of the molecule is CCCCCCCCCCCSCCc1cccc2cc3c(CCSCCCCCCCCCCC)cccc3cc12. The third-order valence-corrected chi connectivity index (χ3v) is 11.0. The van der Waals surface area contributed by atoms with Crippen LogP contribution in [0.1, 0.15) is 141 Å². The van der Waals surface area contributed by atoms with Crippen molar-refractivity contribution in [1.82, 2.24) is 0 Å². The van der Waals surface area contributed by atoms with Gasteiger partial charge in [0, 0.05) is 0 Å². The van der Waals surface area contributed by atoms with Crippen molar-refractivity contribution < 1.29 is 0 Å². The van der Waals surface area contributed by atoms with E-state index in [1.54, 1.807) is 0 Å². The maximum absolute atomic E-state index is 2.48. The van der Waals surface area contributed by atoms with Crippen LogP contribution in [0.15, 0.2) is 48.5 Å². The van der Waals surface area contributed by atoms with E-state index in [2.05, 4.69) is 85.9 Å². The summed E-state index contributed by atoms with van der Waals surface area (Å²) in [6, 6.07) is 18.9. The Bertz CT molecular complexity index is 1000. The van der Waals surface area contributed by atoms with Crippen LogP contribution < -0.4 is 0 Å². The number of aryl methyl sites for hydroxylation is 2. The lowest BCUT2D eigenvalue weighted by Gasteiger charge is -2.12. The zero-order valence-corrected chi connectivity index (χ0v) is 29.0. The number of unbranched alkanes of at least 4 members (excludes halogenated alkanes) is 16. The van der Waals surface area contributed by atoms with Crippen molar-refractivity contribution in [2.24, 2.45) is 0 Å². The lowest BCUT2D eigenvalue weighted by Crippen LogP contribution is -1.94. The number of fused-ring (bicyclic) bond motifs is 2. The van der Waals surface area contributed by atoms with E-state index >= 15 is 0 Å². The first-order chi connectivity index (χ1) is 20.8. The van der Waals surface area contributed by atoms with Crippen LogP contribution in [-0.4, -0.2) is 23.0 Å². The van der Waals surface area contributed by atoms with E-state index in [1.807, 2.05) is 0 Å². The van der Waals surface area contributed by atoms with Crippen molar-refractivity contribution in [3.63, 3.8) is 0 Å². The molecule has 0 heterocycles. The van der Waals surface area contributed by atoms with Crippen LogP contribution >= 0.6 is 23.5 Å². The Labute approximate surface area is 269 Å². The van der Waals surface area contributed by atoms with E-state index < -0.39 is 0 Å². The van der Waals surface area contributed by atoms with Gasteiger partial charge in [-0.25, -0.2) is 0 Å². The molecule has 0 N–H and O–H groups in total. The lowest BCUT2D eigenvalue weighted by atomic mass is 9.95. The second kappa shape index (κ2) is 23.3. The molecule has 0 atom stereocenters. The van der Waals surface area contributed by atoms with Gasteiger partial charge in [-0.05, 0) is 93.5 Å². The molecular formula is C40H62S2. The molecule has 0 fully saturated rings. The minimum absolute atomic E-state index is 1.18. The number of hydrogen-bond donors (Lipinski definition) is 0. The molecule has 0 aliphatic rings. The third kappa shape index (κ3) is 14.1. The van der Waals surface area contributed by atoms with E-state index in [9.17, 15) is 0 Å². The highest BCUT2D eigenvalue weighted by atomic mass is 32.2. The Morgan fingerprint density at radius 1 is 0.405 bits per heavy atom. The van der Waals surface area contributed by atoms with Gasteiger partial charge in [0.25, 0.3) is 0 Å². The van der Waals surface area contributed by atoms with Gasteiger partial charge in [-0.1, -0.05) is 153 Å². The van der Waals surface area contributed by atoms with E-state index in [0.29, 0.717) is 0 Å². The zero-order valence-electron chi connectivity index (χ0n) is 27.4. The van der Waals surface area contributed by atoms with Gasteiger partial charge in [-0.2, -0.15) is 23.5 Å². The first-order valence-electron chi connectivity index (χ1n) is 17.9. The molecule has 0 radical (unpaired) electrons. The molecule has 0 unspecified atom stereocenters. The highest BCUT2D eigenvalue weighted by molar-refractivity contribution is 7.99. The van der Waals surface area contributed by atoms with Crippen LogP contribution in [0.2, 0.25) is 0 Å². The van der Waals surface area contributed by atoms with Crippen LogP contribution in [0.4, 0.5) is 0 Å². The summed E-state index contributed by atoms with van der Waals surface area (Å²) in [5, 5.41) is 5.76. The molecule has 0 saturated carbocycles. The van der Waals surface area contributed by atoms with Crippen molar-refractivity contribution in [3.8, 4) is 0 Å². The van der Waals surface area contributed by atoms with Crippen molar-refractivity contribution in [1.29, 1.82) is 0 Å². The molecule has 0 bridgehead atoms. The van der Waals surface area contributed by atoms with Crippen LogP contribution in [0.3, 0.4) is 0 Å². The van der Waals surface area contributed by atoms with Crippen LogP contribution in [0, 0.1) is 0 Å². The van der Waals surface area contributed by atoms with Crippen LogP contribution in [0.25, 0.3) is 21.5 Å². The minimum atomic E-state index is 1.18. The molecule has 234 valence electrons. The van der Waals surface area contributed by atoms with Gasteiger partial charge in [0.2, 0.25) is 0 Å². The fraction of sp³-hybridized carbons (Fsp3) is 0.650. The van der Waals surface area contributed by atoms with Gasteiger partial charge < -0.3 is 0 Å². The average Bonchev–Trinajstić information content (AvgIpc) is 3.01. The molecule has 3 aromatic rings. The summed E-state index contributed by atoms with van der Waals surface area (Å²) in [5.41, 5.74) is 3.05. The van der Waals surface area contributed by atoms with Crippen molar-refractivity contribution >= 4 is 45.1 Å². The standard InChI is InChI=1S/C40H62S2/c1-3-5-7-9-11-13-15-17-19-29-41-31-27-35-23-21-25-37-34-40-36(24-22-26-38(40)33-39(35)37)28-32-42-30-20-18-16-14-12-10-8-6-4-2/h21-26,33-34H,3-20,27-32H2,1-2H3. The summed E-state index contributed by atoms with van der Waals surface area (Å²) >= 11 is 4.31. The van der Waals surface area contributed by atoms with Gasteiger partial charge in [0.05, 0.1) is 0 Å². The monoisotopic (exact) mass is 606 g/mol. The molecule has 42 heavy (non-hydrogen) atoms. The highest BCUT2D eigenvalue weighted by Crippen LogP contribution is 2.29. The molecule has 0 aromatic heterocycles.